The van der Waals surface area contributed by atoms with Gasteiger partial charge in [-0.15, -0.1) is 0 Å². The smallest absolute Gasteiger partial charge is 0.223 e. The van der Waals surface area contributed by atoms with Crippen LogP contribution in [-0.4, -0.2) is 19.0 Å². The molecule has 0 bridgehead atoms. The lowest BCUT2D eigenvalue weighted by molar-refractivity contribution is -0.125. The summed E-state index contributed by atoms with van der Waals surface area (Å²) in [5, 5.41) is 6.39. The van der Waals surface area contributed by atoms with Gasteiger partial charge in [-0.1, -0.05) is 17.7 Å². The first-order valence-corrected chi connectivity index (χ1v) is 7.13. The minimum absolute atomic E-state index is 0.187. The summed E-state index contributed by atoms with van der Waals surface area (Å²) in [6.07, 6.45) is 1.91. The van der Waals surface area contributed by atoms with E-state index in [-0.39, 0.29) is 11.8 Å². The van der Waals surface area contributed by atoms with Crippen molar-refractivity contribution in [2.75, 3.05) is 13.1 Å². The average molecular weight is 260 g/mol. The summed E-state index contributed by atoms with van der Waals surface area (Å²) in [6, 6.07) is 4.36. The van der Waals surface area contributed by atoms with Gasteiger partial charge in [-0.25, -0.2) is 0 Å². The summed E-state index contributed by atoms with van der Waals surface area (Å²) in [5.41, 5.74) is 5.07. The highest BCUT2D eigenvalue weighted by Gasteiger charge is 2.20. The maximum atomic E-state index is 12.1. The van der Waals surface area contributed by atoms with Crippen LogP contribution in [0.15, 0.2) is 12.1 Å². The van der Waals surface area contributed by atoms with Crippen molar-refractivity contribution >= 4 is 5.91 Å². The van der Waals surface area contributed by atoms with E-state index in [2.05, 4.69) is 43.5 Å². The van der Waals surface area contributed by atoms with Gasteiger partial charge in [0.05, 0.1) is 0 Å². The van der Waals surface area contributed by atoms with Gasteiger partial charge in [0.1, 0.15) is 0 Å². The fourth-order valence-corrected chi connectivity index (χ4v) is 2.89. The SMILES string of the molecule is Cc1cc(C)c(CNC(=O)C2CCNCC2)c(C)c1. The van der Waals surface area contributed by atoms with Crippen LogP contribution < -0.4 is 10.6 Å². The maximum absolute atomic E-state index is 12.1. The van der Waals surface area contributed by atoms with Crippen LogP contribution in [0.25, 0.3) is 0 Å². The second-order valence-electron chi connectivity index (χ2n) is 5.62. The van der Waals surface area contributed by atoms with E-state index in [0.29, 0.717) is 6.54 Å². The van der Waals surface area contributed by atoms with Crippen LogP contribution in [0.1, 0.15) is 35.1 Å². The highest BCUT2D eigenvalue weighted by molar-refractivity contribution is 5.78. The molecular formula is C16H24N2O. The van der Waals surface area contributed by atoms with Gasteiger partial charge in [0, 0.05) is 12.5 Å². The molecule has 1 aromatic carbocycles. The third kappa shape index (κ3) is 3.57. The Hall–Kier alpha value is -1.35. The van der Waals surface area contributed by atoms with E-state index >= 15 is 0 Å². The summed E-state index contributed by atoms with van der Waals surface area (Å²) >= 11 is 0. The molecule has 0 aliphatic carbocycles. The van der Waals surface area contributed by atoms with E-state index in [1.165, 1.54) is 22.3 Å². The average Bonchev–Trinajstić information content (AvgIpc) is 2.38. The summed E-state index contributed by atoms with van der Waals surface area (Å²) in [6.45, 7) is 8.91. The molecule has 1 heterocycles. The van der Waals surface area contributed by atoms with Gasteiger partial charge in [0.2, 0.25) is 5.91 Å². The number of hydrogen-bond acceptors (Lipinski definition) is 2. The molecule has 0 radical (unpaired) electrons. The highest BCUT2D eigenvalue weighted by Crippen LogP contribution is 2.17. The van der Waals surface area contributed by atoms with Crippen molar-refractivity contribution in [1.29, 1.82) is 0 Å². The van der Waals surface area contributed by atoms with Crippen LogP contribution in [0, 0.1) is 26.7 Å². The predicted octanol–water partition coefficient (Wildman–Crippen LogP) is 2.23. The Morgan fingerprint density at radius 3 is 2.37 bits per heavy atom. The lowest BCUT2D eigenvalue weighted by Crippen LogP contribution is -2.38. The Morgan fingerprint density at radius 1 is 1.21 bits per heavy atom. The fourth-order valence-electron chi connectivity index (χ4n) is 2.89. The first kappa shape index (κ1) is 14.1. The van der Waals surface area contributed by atoms with Crippen LogP contribution >= 0.6 is 0 Å². The lowest BCUT2D eigenvalue weighted by Gasteiger charge is -2.22. The maximum Gasteiger partial charge on any atom is 0.223 e. The van der Waals surface area contributed by atoms with E-state index in [9.17, 15) is 4.79 Å². The molecule has 0 aromatic heterocycles. The zero-order valence-corrected chi connectivity index (χ0v) is 12.2. The van der Waals surface area contributed by atoms with Crippen molar-refractivity contribution in [3.63, 3.8) is 0 Å². The summed E-state index contributed by atoms with van der Waals surface area (Å²) in [4.78, 5) is 12.1. The second-order valence-corrected chi connectivity index (χ2v) is 5.62. The Morgan fingerprint density at radius 2 is 1.79 bits per heavy atom. The van der Waals surface area contributed by atoms with Crippen LogP contribution in [0.2, 0.25) is 0 Å². The number of amides is 1. The molecule has 2 rings (SSSR count). The molecule has 0 unspecified atom stereocenters. The molecule has 3 nitrogen and oxygen atoms in total. The first-order valence-electron chi connectivity index (χ1n) is 7.13. The topological polar surface area (TPSA) is 41.1 Å². The minimum Gasteiger partial charge on any atom is -0.352 e. The molecule has 1 saturated heterocycles. The molecule has 0 saturated carbocycles. The Balaban J connectivity index is 1.96. The molecule has 1 aliphatic heterocycles. The monoisotopic (exact) mass is 260 g/mol. The van der Waals surface area contributed by atoms with E-state index in [1.54, 1.807) is 0 Å². The number of rotatable bonds is 3. The minimum atomic E-state index is 0.187. The largest absolute Gasteiger partial charge is 0.352 e. The van der Waals surface area contributed by atoms with Crippen LogP contribution in [0.5, 0.6) is 0 Å². The molecule has 1 fully saturated rings. The molecule has 19 heavy (non-hydrogen) atoms. The molecule has 0 spiro atoms. The van der Waals surface area contributed by atoms with Gasteiger partial charge in [-0.2, -0.15) is 0 Å². The summed E-state index contributed by atoms with van der Waals surface area (Å²) < 4.78 is 0. The standard InChI is InChI=1S/C16H24N2O/c1-11-8-12(2)15(13(3)9-11)10-18-16(19)14-4-6-17-7-5-14/h8-9,14,17H,4-7,10H2,1-3H3,(H,18,19). The van der Waals surface area contributed by atoms with E-state index in [1.807, 2.05) is 0 Å². The number of nitrogens with one attached hydrogen (secondary N) is 2. The van der Waals surface area contributed by atoms with Crippen molar-refractivity contribution in [1.82, 2.24) is 10.6 Å². The molecule has 3 heteroatoms. The third-order valence-corrected chi connectivity index (χ3v) is 3.99. The van der Waals surface area contributed by atoms with E-state index in [4.69, 9.17) is 0 Å². The third-order valence-electron chi connectivity index (χ3n) is 3.99. The quantitative estimate of drug-likeness (QED) is 0.875. The van der Waals surface area contributed by atoms with Crippen molar-refractivity contribution in [3.05, 3.63) is 34.4 Å². The van der Waals surface area contributed by atoms with Gasteiger partial charge in [-0.05, 0) is 63.4 Å². The first-order chi connectivity index (χ1) is 9.08. The lowest BCUT2D eigenvalue weighted by atomic mass is 9.96. The summed E-state index contributed by atoms with van der Waals surface area (Å²) in [5.74, 6) is 0.396. The Bertz CT molecular complexity index is 439. The molecule has 2 N–H and O–H groups in total. The molecule has 1 aromatic rings. The number of hydrogen-bond donors (Lipinski definition) is 2. The van der Waals surface area contributed by atoms with Gasteiger partial charge in [-0.3, -0.25) is 4.79 Å². The number of carbonyl (C=O) groups is 1. The van der Waals surface area contributed by atoms with Crippen LogP contribution in [0.3, 0.4) is 0 Å². The molecule has 0 atom stereocenters. The number of aryl methyl sites for hydroxylation is 3. The van der Waals surface area contributed by atoms with Crippen LogP contribution in [-0.2, 0) is 11.3 Å². The zero-order chi connectivity index (χ0) is 13.8. The Kier molecular flexibility index (Phi) is 4.59. The van der Waals surface area contributed by atoms with Crippen molar-refractivity contribution in [3.8, 4) is 0 Å². The van der Waals surface area contributed by atoms with Gasteiger partial charge in [0.15, 0.2) is 0 Å². The number of piperidine rings is 1. The van der Waals surface area contributed by atoms with Crippen LogP contribution in [0.4, 0.5) is 0 Å². The van der Waals surface area contributed by atoms with E-state index < -0.39 is 0 Å². The van der Waals surface area contributed by atoms with Gasteiger partial charge < -0.3 is 10.6 Å². The van der Waals surface area contributed by atoms with Crippen molar-refractivity contribution in [2.24, 2.45) is 5.92 Å². The Labute approximate surface area is 115 Å². The number of carbonyl (C=O) groups excluding carboxylic acids is 1. The number of benzene rings is 1. The molecule has 104 valence electrons. The zero-order valence-electron chi connectivity index (χ0n) is 12.2. The second kappa shape index (κ2) is 6.20. The molecule has 1 aliphatic rings. The van der Waals surface area contributed by atoms with Gasteiger partial charge >= 0.3 is 0 Å². The highest BCUT2D eigenvalue weighted by atomic mass is 16.1. The fraction of sp³-hybridized carbons (Fsp3) is 0.562. The van der Waals surface area contributed by atoms with Crippen molar-refractivity contribution < 1.29 is 4.79 Å². The van der Waals surface area contributed by atoms with E-state index in [0.717, 1.165) is 25.9 Å². The predicted molar refractivity (Wildman–Crippen MR) is 78.1 cm³/mol. The molecular weight excluding hydrogens is 236 g/mol. The van der Waals surface area contributed by atoms with Gasteiger partial charge in [0.25, 0.3) is 0 Å². The molecule has 1 amide bonds. The normalized spacial score (nSPS) is 16.4. The summed E-state index contributed by atoms with van der Waals surface area (Å²) in [7, 11) is 0. The van der Waals surface area contributed by atoms with Crippen molar-refractivity contribution in [2.45, 2.75) is 40.2 Å².